The molecule has 0 aliphatic heterocycles. The van der Waals surface area contributed by atoms with E-state index in [0.29, 0.717) is 6.04 Å². The van der Waals surface area contributed by atoms with Gasteiger partial charge in [0.15, 0.2) is 0 Å². The van der Waals surface area contributed by atoms with Gasteiger partial charge in [-0.05, 0) is 45.6 Å². The van der Waals surface area contributed by atoms with Crippen molar-refractivity contribution in [2.24, 2.45) is 5.92 Å². The molecular formula is C12H25NO. The van der Waals surface area contributed by atoms with Gasteiger partial charge in [0.2, 0.25) is 0 Å². The van der Waals surface area contributed by atoms with Crippen molar-refractivity contribution in [3.63, 3.8) is 0 Å². The quantitative estimate of drug-likeness (QED) is 0.680. The van der Waals surface area contributed by atoms with Gasteiger partial charge in [-0.3, -0.25) is 0 Å². The second-order valence-electron chi connectivity index (χ2n) is 4.47. The summed E-state index contributed by atoms with van der Waals surface area (Å²) >= 11 is 0. The normalized spacial score (nSPS) is 23.1. The summed E-state index contributed by atoms with van der Waals surface area (Å²) in [6.45, 7) is 10.6. The molecule has 1 aliphatic carbocycles. The highest BCUT2D eigenvalue weighted by atomic mass is 16.5. The molecule has 0 radical (unpaired) electrons. The van der Waals surface area contributed by atoms with Crippen LogP contribution in [0.5, 0.6) is 0 Å². The third-order valence-electron chi connectivity index (χ3n) is 3.35. The second kappa shape index (κ2) is 5.13. The van der Waals surface area contributed by atoms with Crippen molar-refractivity contribution < 1.29 is 4.74 Å². The number of likely N-dealkylation sites (N-methyl/N-ethyl adjacent to an activating group) is 1. The van der Waals surface area contributed by atoms with E-state index in [-0.39, 0.29) is 5.60 Å². The first-order valence-corrected chi connectivity index (χ1v) is 6.05. The Kier molecular flexibility index (Phi) is 4.39. The fraction of sp³-hybridized carbons (Fsp3) is 1.00. The first-order valence-electron chi connectivity index (χ1n) is 6.05. The Morgan fingerprint density at radius 1 is 1.36 bits per heavy atom. The van der Waals surface area contributed by atoms with Gasteiger partial charge in [0.05, 0.1) is 5.60 Å². The minimum absolute atomic E-state index is 0.0337. The number of nitrogens with one attached hydrogen (secondary N) is 1. The third-order valence-corrected chi connectivity index (χ3v) is 3.35. The zero-order valence-corrected chi connectivity index (χ0v) is 10.1. The van der Waals surface area contributed by atoms with E-state index < -0.39 is 0 Å². The summed E-state index contributed by atoms with van der Waals surface area (Å²) in [5.41, 5.74) is 0.0337. The summed E-state index contributed by atoms with van der Waals surface area (Å²) in [4.78, 5) is 0. The average Bonchev–Trinajstić information content (AvgIpc) is 2.98. The minimum atomic E-state index is 0.0337. The Bertz CT molecular complexity index is 168. The van der Waals surface area contributed by atoms with Crippen molar-refractivity contribution in [1.82, 2.24) is 5.32 Å². The van der Waals surface area contributed by atoms with Crippen LogP contribution in [-0.2, 0) is 4.74 Å². The molecule has 2 nitrogen and oxygen atoms in total. The highest BCUT2D eigenvalue weighted by Crippen LogP contribution is 2.39. The Hall–Kier alpha value is -0.0800. The molecule has 2 heteroatoms. The molecule has 0 heterocycles. The summed E-state index contributed by atoms with van der Waals surface area (Å²) in [5.74, 6) is 0.853. The Labute approximate surface area is 88.4 Å². The van der Waals surface area contributed by atoms with E-state index >= 15 is 0 Å². The highest BCUT2D eigenvalue weighted by Gasteiger charge is 2.42. The lowest BCUT2D eigenvalue weighted by Gasteiger charge is -2.37. The first kappa shape index (κ1) is 12.0. The maximum atomic E-state index is 5.93. The average molecular weight is 199 g/mol. The maximum Gasteiger partial charge on any atom is 0.0806 e. The number of ether oxygens (including phenoxy) is 1. The van der Waals surface area contributed by atoms with Crippen LogP contribution in [0.3, 0.4) is 0 Å². The van der Waals surface area contributed by atoms with Gasteiger partial charge in [-0.1, -0.05) is 13.8 Å². The van der Waals surface area contributed by atoms with Crippen LogP contribution in [0.1, 0.15) is 47.0 Å². The number of rotatable bonds is 7. The van der Waals surface area contributed by atoms with Gasteiger partial charge in [0.25, 0.3) is 0 Å². The van der Waals surface area contributed by atoms with Gasteiger partial charge < -0.3 is 10.1 Å². The first-order chi connectivity index (χ1) is 6.68. The van der Waals surface area contributed by atoms with Crippen LogP contribution in [0.15, 0.2) is 0 Å². The topological polar surface area (TPSA) is 21.3 Å². The van der Waals surface area contributed by atoms with Gasteiger partial charge >= 0.3 is 0 Å². The largest absolute Gasteiger partial charge is 0.374 e. The summed E-state index contributed by atoms with van der Waals surface area (Å²) in [5, 5.41) is 3.60. The maximum absolute atomic E-state index is 5.93. The van der Waals surface area contributed by atoms with E-state index in [9.17, 15) is 0 Å². The second-order valence-corrected chi connectivity index (χ2v) is 4.47. The van der Waals surface area contributed by atoms with E-state index in [4.69, 9.17) is 4.74 Å². The van der Waals surface area contributed by atoms with Crippen molar-refractivity contribution in [3.05, 3.63) is 0 Å². The molecule has 0 spiro atoms. The molecule has 2 atom stereocenters. The molecule has 0 aromatic carbocycles. The van der Waals surface area contributed by atoms with Crippen LogP contribution in [0.4, 0.5) is 0 Å². The van der Waals surface area contributed by atoms with E-state index in [0.717, 1.165) is 25.5 Å². The van der Waals surface area contributed by atoms with Crippen molar-refractivity contribution >= 4 is 0 Å². The Morgan fingerprint density at radius 2 is 2.00 bits per heavy atom. The highest BCUT2D eigenvalue weighted by molar-refractivity contribution is 4.98. The number of hydrogen-bond acceptors (Lipinski definition) is 2. The van der Waals surface area contributed by atoms with Crippen LogP contribution in [0, 0.1) is 5.92 Å². The molecule has 84 valence electrons. The van der Waals surface area contributed by atoms with E-state index in [1.54, 1.807) is 0 Å². The lowest BCUT2D eigenvalue weighted by molar-refractivity contribution is -0.0600. The Balaban J connectivity index is 2.60. The molecule has 1 saturated carbocycles. The molecule has 0 aromatic rings. The number of hydrogen-bond donors (Lipinski definition) is 1. The molecular weight excluding hydrogens is 174 g/mol. The molecule has 1 fully saturated rings. The molecule has 1 rings (SSSR count). The SMILES string of the molecule is CCNC(C1CC1)C(C)(CC)OCC. The summed E-state index contributed by atoms with van der Waals surface area (Å²) in [6, 6.07) is 0.553. The van der Waals surface area contributed by atoms with Crippen molar-refractivity contribution in [1.29, 1.82) is 0 Å². The molecule has 0 bridgehead atoms. The predicted molar refractivity (Wildman–Crippen MR) is 60.5 cm³/mol. The van der Waals surface area contributed by atoms with Gasteiger partial charge in [0, 0.05) is 12.6 Å². The predicted octanol–water partition coefficient (Wildman–Crippen LogP) is 2.58. The van der Waals surface area contributed by atoms with E-state index in [1.807, 2.05) is 0 Å². The van der Waals surface area contributed by atoms with Crippen LogP contribution in [0.2, 0.25) is 0 Å². The van der Waals surface area contributed by atoms with Gasteiger partial charge in [-0.2, -0.15) is 0 Å². The lowest BCUT2D eigenvalue weighted by Crippen LogP contribution is -2.51. The molecule has 1 aliphatic rings. The zero-order valence-electron chi connectivity index (χ0n) is 10.1. The van der Waals surface area contributed by atoms with Crippen LogP contribution >= 0.6 is 0 Å². The monoisotopic (exact) mass is 199 g/mol. The van der Waals surface area contributed by atoms with Gasteiger partial charge in [-0.25, -0.2) is 0 Å². The van der Waals surface area contributed by atoms with Gasteiger partial charge in [0.1, 0.15) is 0 Å². The molecule has 1 N–H and O–H groups in total. The van der Waals surface area contributed by atoms with Crippen molar-refractivity contribution in [2.75, 3.05) is 13.2 Å². The zero-order chi connectivity index (χ0) is 10.6. The molecule has 0 amide bonds. The molecule has 0 saturated heterocycles. The summed E-state index contributed by atoms with van der Waals surface area (Å²) < 4.78 is 5.93. The molecule has 14 heavy (non-hydrogen) atoms. The van der Waals surface area contributed by atoms with E-state index in [1.165, 1.54) is 12.8 Å². The summed E-state index contributed by atoms with van der Waals surface area (Å²) in [6.07, 6.45) is 3.84. The lowest BCUT2D eigenvalue weighted by atomic mass is 9.89. The van der Waals surface area contributed by atoms with Crippen LogP contribution in [-0.4, -0.2) is 24.8 Å². The van der Waals surface area contributed by atoms with Crippen LogP contribution in [0.25, 0.3) is 0 Å². The van der Waals surface area contributed by atoms with Crippen molar-refractivity contribution in [2.45, 2.75) is 58.6 Å². The van der Waals surface area contributed by atoms with Crippen LogP contribution < -0.4 is 5.32 Å². The van der Waals surface area contributed by atoms with Crippen molar-refractivity contribution in [3.8, 4) is 0 Å². The van der Waals surface area contributed by atoms with E-state index in [2.05, 4.69) is 33.0 Å². The smallest absolute Gasteiger partial charge is 0.0806 e. The third kappa shape index (κ3) is 2.71. The minimum Gasteiger partial charge on any atom is -0.374 e. The molecule has 0 aromatic heterocycles. The fourth-order valence-corrected chi connectivity index (χ4v) is 2.27. The Morgan fingerprint density at radius 3 is 2.36 bits per heavy atom. The molecule has 2 unspecified atom stereocenters. The van der Waals surface area contributed by atoms with Gasteiger partial charge in [-0.15, -0.1) is 0 Å². The summed E-state index contributed by atoms with van der Waals surface area (Å²) in [7, 11) is 0. The standard InChI is InChI=1S/C12H25NO/c1-5-12(4,14-7-3)11(13-6-2)10-8-9-10/h10-11,13H,5-9H2,1-4H3. The fourth-order valence-electron chi connectivity index (χ4n) is 2.27.